The highest BCUT2D eigenvalue weighted by Gasteiger charge is 2.14. The van der Waals surface area contributed by atoms with Gasteiger partial charge in [0.05, 0.1) is 0 Å². The van der Waals surface area contributed by atoms with Crippen LogP contribution in [0.4, 0.5) is 5.69 Å². The number of benzene rings is 1. The first-order valence-electron chi connectivity index (χ1n) is 6.56. The maximum atomic E-state index is 5.94. The molecule has 0 aliphatic carbocycles. The van der Waals surface area contributed by atoms with Crippen LogP contribution in [-0.2, 0) is 0 Å². The Labute approximate surface area is 118 Å². The molecule has 0 spiro atoms. The molecule has 0 saturated carbocycles. The van der Waals surface area contributed by atoms with E-state index in [0.29, 0.717) is 0 Å². The highest BCUT2D eigenvalue weighted by atomic mass is 79.9. The number of hydrogen-bond acceptors (Lipinski definition) is 3. The first-order valence-corrected chi connectivity index (χ1v) is 7.36. The third kappa shape index (κ3) is 3.25. The predicted molar refractivity (Wildman–Crippen MR) is 81.1 cm³/mol. The summed E-state index contributed by atoms with van der Waals surface area (Å²) in [7, 11) is 2.19. The molecule has 2 rings (SSSR count). The maximum absolute atomic E-state index is 5.94. The van der Waals surface area contributed by atoms with Crippen LogP contribution in [0.15, 0.2) is 22.7 Å². The lowest BCUT2D eigenvalue weighted by atomic mass is 10.1. The lowest BCUT2D eigenvalue weighted by molar-refractivity contribution is 0.360. The zero-order valence-electron chi connectivity index (χ0n) is 11.2. The van der Waals surface area contributed by atoms with Crippen LogP contribution in [0.25, 0.3) is 0 Å². The summed E-state index contributed by atoms with van der Waals surface area (Å²) in [5.74, 6) is 0. The van der Waals surface area contributed by atoms with E-state index in [1.54, 1.807) is 0 Å². The van der Waals surface area contributed by atoms with Gasteiger partial charge in [-0.3, -0.25) is 0 Å². The molecule has 1 fully saturated rings. The molecule has 2 N–H and O–H groups in total. The Bertz CT molecular complexity index is 406. The number of nitrogens with zero attached hydrogens (tertiary/aromatic N) is 2. The minimum atomic E-state index is 0.0729. The smallest absolute Gasteiger partial charge is 0.0378 e. The van der Waals surface area contributed by atoms with E-state index in [1.807, 2.05) is 6.92 Å². The minimum absolute atomic E-state index is 0.0729. The first-order chi connectivity index (χ1) is 8.58. The Morgan fingerprint density at radius 1 is 1.22 bits per heavy atom. The highest BCUT2D eigenvalue weighted by molar-refractivity contribution is 9.10. The van der Waals surface area contributed by atoms with Gasteiger partial charge in [0.25, 0.3) is 0 Å². The summed E-state index contributed by atoms with van der Waals surface area (Å²) in [4.78, 5) is 4.85. The summed E-state index contributed by atoms with van der Waals surface area (Å²) in [5, 5.41) is 0. The van der Waals surface area contributed by atoms with Crippen molar-refractivity contribution in [1.82, 2.24) is 4.90 Å². The van der Waals surface area contributed by atoms with Crippen LogP contribution in [0.2, 0.25) is 0 Å². The molecule has 1 atom stereocenters. The zero-order valence-corrected chi connectivity index (χ0v) is 12.8. The summed E-state index contributed by atoms with van der Waals surface area (Å²) in [6.45, 7) is 6.57. The summed E-state index contributed by atoms with van der Waals surface area (Å²) in [6, 6.07) is 6.60. The average molecular weight is 312 g/mol. The van der Waals surface area contributed by atoms with Gasteiger partial charge in [-0.25, -0.2) is 0 Å². The molecule has 3 nitrogen and oxygen atoms in total. The van der Waals surface area contributed by atoms with Crippen molar-refractivity contribution in [2.24, 2.45) is 5.73 Å². The summed E-state index contributed by atoms with van der Waals surface area (Å²) in [6.07, 6.45) is 1.23. The SMILES string of the molecule is C[C@@H](N)c1ccc(N2CCCN(C)CC2)cc1Br. The average Bonchev–Trinajstić information content (AvgIpc) is 2.53. The highest BCUT2D eigenvalue weighted by Crippen LogP contribution is 2.27. The summed E-state index contributed by atoms with van der Waals surface area (Å²) < 4.78 is 1.12. The van der Waals surface area contributed by atoms with Gasteiger partial charge in [0.2, 0.25) is 0 Å². The van der Waals surface area contributed by atoms with Gasteiger partial charge in [-0.1, -0.05) is 22.0 Å². The van der Waals surface area contributed by atoms with Gasteiger partial charge in [0, 0.05) is 35.8 Å². The minimum Gasteiger partial charge on any atom is -0.370 e. The topological polar surface area (TPSA) is 32.5 Å². The van der Waals surface area contributed by atoms with E-state index in [4.69, 9.17) is 5.73 Å². The van der Waals surface area contributed by atoms with Gasteiger partial charge in [-0.05, 0) is 44.6 Å². The molecule has 0 amide bonds. The molecular formula is C14H22BrN3. The van der Waals surface area contributed by atoms with E-state index in [9.17, 15) is 0 Å². The molecule has 0 unspecified atom stereocenters. The number of nitrogens with two attached hydrogens (primary N) is 1. The van der Waals surface area contributed by atoms with Crippen LogP contribution < -0.4 is 10.6 Å². The van der Waals surface area contributed by atoms with Crippen LogP contribution in [0, 0.1) is 0 Å². The molecule has 0 radical (unpaired) electrons. The molecule has 1 heterocycles. The lowest BCUT2D eigenvalue weighted by Crippen LogP contribution is -2.28. The number of halogens is 1. The Balaban J connectivity index is 2.15. The molecule has 1 aliphatic rings. The van der Waals surface area contributed by atoms with Gasteiger partial charge in [0.1, 0.15) is 0 Å². The van der Waals surface area contributed by atoms with Crippen molar-refractivity contribution in [1.29, 1.82) is 0 Å². The third-order valence-corrected chi connectivity index (χ3v) is 4.25. The number of likely N-dealkylation sites (N-methyl/N-ethyl adjacent to an activating group) is 1. The van der Waals surface area contributed by atoms with Gasteiger partial charge in [-0.15, -0.1) is 0 Å². The molecule has 1 aromatic carbocycles. The first kappa shape index (κ1) is 13.8. The molecule has 18 heavy (non-hydrogen) atoms. The van der Waals surface area contributed by atoms with E-state index in [-0.39, 0.29) is 6.04 Å². The lowest BCUT2D eigenvalue weighted by Gasteiger charge is -2.24. The van der Waals surface area contributed by atoms with E-state index in [0.717, 1.165) is 24.1 Å². The van der Waals surface area contributed by atoms with Crippen molar-refractivity contribution >= 4 is 21.6 Å². The Hall–Kier alpha value is -0.580. The third-order valence-electron chi connectivity index (χ3n) is 3.56. The Morgan fingerprint density at radius 3 is 2.67 bits per heavy atom. The molecule has 100 valence electrons. The maximum Gasteiger partial charge on any atom is 0.0378 e. The summed E-state index contributed by atoms with van der Waals surface area (Å²) >= 11 is 3.63. The fraction of sp³-hybridized carbons (Fsp3) is 0.571. The van der Waals surface area contributed by atoms with Crippen molar-refractivity contribution in [3.8, 4) is 0 Å². The molecule has 1 saturated heterocycles. The normalized spacial score (nSPS) is 19.7. The summed E-state index contributed by atoms with van der Waals surface area (Å²) in [5.41, 5.74) is 8.40. The van der Waals surface area contributed by atoms with Crippen molar-refractivity contribution in [3.05, 3.63) is 28.2 Å². The predicted octanol–water partition coefficient (Wildman–Crippen LogP) is 2.61. The number of rotatable bonds is 2. The monoisotopic (exact) mass is 311 g/mol. The number of hydrogen-bond donors (Lipinski definition) is 1. The largest absolute Gasteiger partial charge is 0.370 e. The fourth-order valence-electron chi connectivity index (χ4n) is 2.39. The van der Waals surface area contributed by atoms with Gasteiger partial charge >= 0.3 is 0 Å². The van der Waals surface area contributed by atoms with Crippen LogP contribution in [0.3, 0.4) is 0 Å². The van der Waals surface area contributed by atoms with Crippen LogP contribution in [-0.4, -0.2) is 38.1 Å². The molecule has 4 heteroatoms. The second kappa shape index (κ2) is 6.04. The van der Waals surface area contributed by atoms with Crippen molar-refractivity contribution < 1.29 is 0 Å². The standard InChI is InChI=1S/C14H22BrN3/c1-11(16)13-5-4-12(10-14(13)15)18-7-3-6-17(2)8-9-18/h4-5,10-11H,3,6-9,16H2,1-2H3/t11-/m1/s1. The molecule has 0 aromatic heterocycles. The Kier molecular flexibility index (Phi) is 4.65. The Morgan fingerprint density at radius 2 is 2.00 bits per heavy atom. The quantitative estimate of drug-likeness (QED) is 0.911. The molecular weight excluding hydrogens is 290 g/mol. The van der Waals surface area contributed by atoms with Gasteiger partial charge in [-0.2, -0.15) is 0 Å². The van der Waals surface area contributed by atoms with Crippen LogP contribution in [0.1, 0.15) is 24.9 Å². The van der Waals surface area contributed by atoms with Crippen molar-refractivity contribution in [3.63, 3.8) is 0 Å². The van der Waals surface area contributed by atoms with Crippen LogP contribution >= 0.6 is 15.9 Å². The van der Waals surface area contributed by atoms with Crippen molar-refractivity contribution in [2.45, 2.75) is 19.4 Å². The second-order valence-corrected chi connectivity index (χ2v) is 5.99. The molecule has 1 aromatic rings. The second-order valence-electron chi connectivity index (χ2n) is 5.14. The van der Waals surface area contributed by atoms with Crippen molar-refractivity contribution in [2.75, 3.05) is 38.1 Å². The van der Waals surface area contributed by atoms with E-state index in [1.165, 1.54) is 24.2 Å². The van der Waals surface area contributed by atoms with Gasteiger partial charge < -0.3 is 15.5 Å². The zero-order chi connectivity index (χ0) is 13.1. The number of anilines is 1. The fourth-order valence-corrected chi connectivity index (χ4v) is 3.11. The molecule has 1 aliphatic heterocycles. The van der Waals surface area contributed by atoms with Crippen LogP contribution in [0.5, 0.6) is 0 Å². The van der Waals surface area contributed by atoms with E-state index < -0.39 is 0 Å². The van der Waals surface area contributed by atoms with E-state index in [2.05, 4.69) is 51.0 Å². The molecule has 0 bridgehead atoms. The van der Waals surface area contributed by atoms with Gasteiger partial charge in [0.15, 0.2) is 0 Å². The van der Waals surface area contributed by atoms with E-state index >= 15 is 0 Å².